The van der Waals surface area contributed by atoms with Gasteiger partial charge in [-0.1, -0.05) is 13.8 Å². The van der Waals surface area contributed by atoms with Crippen LogP contribution in [0.25, 0.3) is 0 Å². The maximum atomic E-state index is 5.51. The van der Waals surface area contributed by atoms with Crippen molar-refractivity contribution in [3.05, 3.63) is 18.0 Å². The highest BCUT2D eigenvalue weighted by Crippen LogP contribution is 2.26. The Balaban J connectivity index is 1.60. The summed E-state index contributed by atoms with van der Waals surface area (Å²) in [5, 5.41) is 4.60. The fraction of sp³-hybridized carbons (Fsp3) is 0.833. The lowest BCUT2D eigenvalue weighted by atomic mass is 9.98. The van der Waals surface area contributed by atoms with Gasteiger partial charge in [-0.3, -0.25) is 9.58 Å². The van der Waals surface area contributed by atoms with Gasteiger partial charge in [-0.25, -0.2) is 0 Å². The highest BCUT2D eigenvalue weighted by atomic mass is 16.5. The summed E-state index contributed by atoms with van der Waals surface area (Å²) in [4.78, 5) is 5.17. The van der Waals surface area contributed by atoms with Gasteiger partial charge in [-0.2, -0.15) is 5.10 Å². The number of aromatic nitrogens is 2. The third kappa shape index (κ3) is 4.34. The number of rotatable bonds is 7. The molecule has 2 aliphatic heterocycles. The Morgan fingerprint density at radius 2 is 2.04 bits per heavy atom. The molecule has 0 amide bonds. The van der Waals surface area contributed by atoms with Crippen LogP contribution in [0, 0.1) is 5.92 Å². The maximum Gasteiger partial charge on any atom is 0.0662 e. The first-order chi connectivity index (χ1) is 11.3. The predicted octanol–water partition coefficient (Wildman–Crippen LogP) is 2.40. The minimum atomic E-state index is 0.522. The average Bonchev–Trinajstić information content (AvgIpc) is 3.05. The van der Waals surface area contributed by atoms with Crippen LogP contribution in [0.2, 0.25) is 0 Å². The summed E-state index contributed by atoms with van der Waals surface area (Å²) < 4.78 is 7.79. The molecule has 1 aromatic rings. The van der Waals surface area contributed by atoms with E-state index in [1.54, 1.807) is 0 Å². The van der Waals surface area contributed by atoms with Crippen molar-refractivity contribution in [3.8, 4) is 0 Å². The first kappa shape index (κ1) is 16.9. The molecule has 3 heterocycles. The summed E-state index contributed by atoms with van der Waals surface area (Å²) in [6.45, 7) is 13.3. The number of hydrogen-bond acceptors (Lipinski definition) is 4. The zero-order valence-electron chi connectivity index (χ0n) is 14.8. The van der Waals surface area contributed by atoms with Crippen molar-refractivity contribution in [1.29, 1.82) is 0 Å². The third-order valence-corrected chi connectivity index (χ3v) is 5.48. The molecule has 5 nitrogen and oxygen atoms in total. The normalized spacial score (nSPS) is 23.3. The minimum Gasteiger partial charge on any atom is -0.381 e. The zero-order valence-corrected chi connectivity index (χ0v) is 14.8. The molecule has 5 heteroatoms. The lowest BCUT2D eigenvalue weighted by Gasteiger charge is -2.37. The third-order valence-electron chi connectivity index (χ3n) is 5.48. The molecule has 1 atom stereocenters. The fourth-order valence-electron chi connectivity index (χ4n) is 3.98. The highest BCUT2D eigenvalue weighted by Gasteiger charge is 2.27. The smallest absolute Gasteiger partial charge is 0.0662 e. The van der Waals surface area contributed by atoms with Gasteiger partial charge in [0.05, 0.1) is 11.7 Å². The van der Waals surface area contributed by atoms with E-state index in [0.29, 0.717) is 6.04 Å². The van der Waals surface area contributed by atoms with Gasteiger partial charge >= 0.3 is 0 Å². The van der Waals surface area contributed by atoms with Crippen molar-refractivity contribution in [1.82, 2.24) is 19.6 Å². The summed E-state index contributed by atoms with van der Waals surface area (Å²) in [6, 6.07) is 2.72. The molecule has 0 radical (unpaired) electrons. The summed E-state index contributed by atoms with van der Waals surface area (Å²) in [5.41, 5.74) is 1.38. The Hall–Kier alpha value is -0.910. The topological polar surface area (TPSA) is 33.5 Å². The van der Waals surface area contributed by atoms with Gasteiger partial charge in [-0.15, -0.1) is 0 Å². The molecular formula is C18H32N4O. The Kier molecular flexibility index (Phi) is 6.08. The van der Waals surface area contributed by atoms with Crippen LogP contribution in [0.4, 0.5) is 0 Å². The van der Waals surface area contributed by atoms with E-state index < -0.39 is 0 Å². The molecule has 1 aromatic heterocycles. The van der Waals surface area contributed by atoms with Crippen LogP contribution >= 0.6 is 0 Å². The molecule has 0 N–H and O–H groups in total. The summed E-state index contributed by atoms with van der Waals surface area (Å²) >= 11 is 0. The van der Waals surface area contributed by atoms with Crippen LogP contribution in [0.1, 0.15) is 44.8 Å². The first-order valence-corrected chi connectivity index (χ1v) is 9.35. The number of hydrogen-bond donors (Lipinski definition) is 0. The summed E-state index contributed by atoms with van der Waals surface area (Å²) in [7, 11) is 0. The molecule has 0 saturated carbocycles. The predicted molar refractivity (Wildman–Crippen MR) is 92.5 cm³/mol. The first-order valence-electron chi connectivity index (χ1n) is 9.35. The maximum absolute atomic E-state index is 5.51. The van der Waals surface area contributed by atoms with Gasteiger partial charge < -0.3 is 9.64 Å². The number of fused-ring (bicyclic) bond motifs is 1. The van der Waals surface area contributed by atoms with Crippen LogP contribution in [0.5, 0.6) is 0 Å². The van der Waals surface area contributed by atoms with E-state index in [1.165, 1.54) is 38.0 Å². The molecule has 0 aliphatic carbocycles. The van der Waals surface area contributed by atoms with Gasteiger partial charge in [0, 0.05) is 45.6 Å². The van der Waals surface area contributed by atoms with E-state index >= 15 is 0 Å². The standard InChI is InChI=1S/C18H32N4O/c1-3-20(4-2)10-6-18-15-21(13-16-7-11-23-12-8-16)14-17-5-9-19-22(17)18/h5,9,16,18H,3-4,6-8,10-15H2,1-2H3/t18-/m0/s1. The monoisotopic (exact) mass is 320 g/mol. The minimum absolute atomic E-state index is 0.522. The van der Waals surface area contributed by atoms with Crippen molar-refractivity contribution in [2.75, 3.05) is 45.9 Å². The van der Waals surface area contributed by atoms with Crippen molar-refractivity contribution in [2.45, 2.75) is 45.7 Å². The molecule has 2 aliphatic rings. The Morgan fingerprint density at radius 1 is 1.26 bits per heavy atom. The fourth-order valence-corrected chi connectivity index (χ4v) is 3.98. The molecule has 3 rings (SSSR count). The second kappa shape index (κ2) is 8.27. The van der Waals surface area contributed by atoms with Crippen LogP contribution in [-0.4, -0.2) is 65.5 Å². The number of nitrogens with zero attached hydrogens (tertiary/aromatic N) is 4. The van der Waals surface area contributed by atoms with Crippen LogP contribution in [0.15, 0.2) is 12.3 Å². The summed E-state index contributed by atoms with van der Waals surface area (Å²) in [5.74, 6) is 0.807. The van der Waals surface area contributed by atoms with Crippen LogP contribution in [0.3, 0.4) is 0 Å². The molecule has 0 unspecified atom stereocenters. The SMILES string of the molecule is CCN(CC)CC[C@H]1CN(CC2CCOCC2)Cc2ccnn21. The molecule has 1 saturated heterocycles. The Bertz CT molecular complexity index is 465. The molecular weight excluding hydrogens is 288 g/mol. The lowest BCUT2D eigenvalue weighted by Crippen LogP contribution is -2.42. The molecule has 0 spiro atoms. The van der Waals surface area contributed by atoms with Crippen molar-refractivity contribution in [2.24, 2.45) is 5.92 Å². The second-order valence-electron chi connectivity index (χ2n) is 6.99. The molecule has 23 heavy (non-hydrogen) atoms. The molecule has 130 valence electrons. The number of ether oxygens (including phenoxy) is 1. The zero-order chi connectivity index (χ0) is 16.1. The largest absolute Gasteiger partial charge is 0.381 e. The van der Waals surface area contributed by atoms with E-state index in [-0.39, 0.29) is 0 Å². The molecule has 0 aromatic carbocycles. The average molecular weight is 320 g/mol. The van der Waals surface area contributed by atoms with Crippen molar-refractivity contribution >= 4 is 0 Å². The highest BCUT2D eigenvalue weighted by molar-refractivity contribution is 5.05. The Labute approximate surface area is 140 Å². The van der Waals surface area contributed by atoms with Gasteiger partial charge in [0.1, 0.15) is 0 Å². The van der Waals surface area contributed by atoms with E-state index in [2.05, 4.69) is 39.5 Å². The quantitative estimate of drug-likeness (QED) is 0.772. The van der Waals surface area contributed by atoms with Crippen molar-refractivity contribution in [3.63, 3.8) is 0 Å². The van der Waals surface area contributed by atoms with Crippen LogP contribution in [-0.2, 0) is 11.3 Å². The van der Waals surface area contributed by atoms with E-state index in [4.69, 9.17) is 4.74 Å². The van der Waals surface area contributed by atoms with Crippen LogP contribution < -0.4 is 0 Å². The van der Waals surface area contributed by atoms with Gasteiger partial charge in [0.15, 0.2) is 0 Å². The molecule has 1 fully saturated rings. The van der Waals surface area contributed by atoms with E-state index in [9.17, 15) is 0 Å². The van der Waals surface area contributed by atoms with Crippen molar-refractivity contribution < 1.29 is 4.74 Å². The van der Waals surface area contributed by atoms with E-state index in [0.717, 1.165) is 45.3 Å². The van der Waals surface area contributed by atoms with Gasteiger partial charge in [-0.05, 0) is 44.3 Å². The van der Waals surface area contributed by atoms with Gasteiger partial charge in [0.2, 0.25) is 0 Å². The summed E-state index contributed by atoms with van der Waals surface area (Å²) in [6.07, 6.45) is 5.61. The Morgan fingerprint density at radius 3 is 2.78 bits per heavy atom. The second-order valence-corrected chi connectivity index (χ2v) is 6.99. The lowest BCUT2D eigenvalue weighted by molar-refractivity contribution is 0.0438. The van der Waals surface area contributed by atoms with E-state index in [1.807, 2.05) is 6.20 Å². The van der Waals surface area contributed by atoms with Gasteiger partial charge in [0.25, 0.3) is 0 Å². The molecule has 0 bridgehead atoms.